The van der Waals surface area contributed by atoms with Gasteiger partial charge in [-0.3, -0.25) is 0 Å². The van der Waals surface area contributed by atoms with Crippen molar-refractivity contribution in [2.45, 2.75) is 18.7 Å². The number of piperazine rings is 1. The van der Waals surface area contributed by atoms with E-state index >= 15 is 0 Å². The topological polar surface area (TPSA) is 76.6 Å². The van der Waals surface area contributed by atoms with Crippen LogP contribution in [0, 0.1) is 5.82 Å². The van der Waals surface area contributed by atoms with Crippen molar-refractivity contribution >= 4 is 34.7 Å². The molecule has 2 aromatic heterocycles. The number of pyridine rings is 2. The van der Waals surface area contributed by atoms with Crippen LogP contribution >= 0.6 is 11.6 Å². The van der Waals surface area contributed by atoms with E-state index in [9.17, 15) is 13.9 Å². The van der Waals surface area contributed by atoms with Gasteiger partial charge in [-0.2, -0.15) is 0 Å². The quantitative estimate of drug-likeness (QED) is 0.695. The van der Waals surface area contributed by atoms with Gasteiger partial charge in [-0.05, 0) is 6.42 Å². The van der Waals surface area contributed by atoms with Gasteiger partial charge in [-0.25, -0.2) is 18.7 Å². The van der Waals surface area contributed by atoms with Crippen LogP contribution in [0.3, 0.4) is 0 Å². The van der Waals surface area contributed by atoms with E-state index in [0.717, 1.165) is 31.9 Å². The number of nitrogens with zero attached hydrogens (tertiary/aromatic N) is 4. The summed E-state index contributed by atoms with van der Waals surface area (Å²) in [6.07, 6.45) is -0.689. The largest absolute Gasteiger partial charge is 0.390 e. The van der Waals surface area contributed by atoms with E-state index in [1.54, 1.807) is 0 Å². The Hall–Kier alpha value is -2.23. The Balaban J connectivity index is 1.64. The first-order valence-electron chi connectivity index (χ1n) is 9.62. The fraction of sp³-hybridized carbons (Fsp3) is 0.474. The summed E-state index contributed by atoms with van der Waals surface area (Å²) in [5.74, 6) is 0.785. The van der Waals surface area contributed by atoms with Crippen LogP contribution in [0.2, 0.25) is 5.02 Å². The molecule has 2 atom stereocenters. The van der Waals surface area contributed by atoms with E-state index in [1.165, 1.54) is 12.3 Å². The average molecular weight is 425 g/mol. The number of halogens is 3. The lowest BCUT2D eigenvalue weighted by atomic mass is 10.1. The number of anilines is 4. The van der Waals surface area contributed by atoms with E-state index < -0.39 is 18.1 Å². The molecule has 0 aliphatic carbocycles. The summed E-state index contributed by atoms with van der Waals surface area (Å²) in [6, 6.07) is 5.00. The first-order valence-corrected chi connectivity index (χ1v) is 10.0. The third-order valence-corrected chi connectivity index (χ3v) is 5.45. The number of piperidine rings is 1. The van der Waals surface area contributed by atoms with Gasteiger partial charge < -0.3 is 25.5 Å². The normalized spacial score (nSPS) is 22.6. The molecule has 0 amide bonds. The van der Waals surface area contributed by atoms with Gasteiger partial charge in [0.05, 0.1) is 23.9 Å². The van der Waals surface area contributed by atoms with E-state index in [4.69, 9.17) is 11.6 Å². The number of aromatic nitrogens is 2. The summed E-state index contributed by atoms with van der Waals surface area (Å²) < 4.78 is 27.9. The highest BCUT2D eigenvalue weighted by atomic mass is 35.5. The number of hydrogen-bond acceptors (Lipinski definition) is 7. The average Bonchev–Trinajstić information content (AvgIpc) is 2.73. The standard InChI is InChI=1S/C19H23ClF2N6O/c20-13-10-24-17(9-14(13)21)25-18-7-12(27-5-2-23-3-6-27)8-19(26-18)28-4-1-16(29)15(22)11-28/h7-10,15-16,23,29H,1-6,11H2,(H,24,25,26)/t15-,16-/m0/s1. The van der Waals surface area contributed by atoms with Crippen molar-refractivity contribution in [3.05, 3.63) is 35.2 Å². The van der Waals surface area contributed by atoms with Crippen LogP contribution in [-0.4, -0.2) is 66.6 Å². The fourth-order valence-electron chi connectivity index (χ4n) is 3.55. The highest BCUT2D eigenvalue weighted by Gasteiger charge is 2.29. The van der Waals surface area contributed by atoms with Gasteiger partial charge in [-0.1, -0.05) is 11.6 Å². The molecule has 10 heteroatoms. The summed E-state index contributed by atoms with van der Waals surface area (Å²) in [5, 5.41) is 16.0. The number of aliphatic hydroxyl groups excluding tert-OH is 1. The molecule has 0 bridgehead atoms. The lowest BCUT2D eigenvalue weighted by Gasteiger charge is -2.35. The van der Waals surface area contributed by atoms with Crippen molar-refractivity contribution in [2.75, 3.05) is 54.4 Å². The van der Waals surface area contributed by atoms with Crippen molar-refractivity contribution in [1.29, 1.82) is 0 Å². The zero-order chi connectivity index (χ0) is 20.4. The molecule has 0 saturated carbocycles. The first kappa shape index (κ1) is 20.1. The monoisotopic (exact) mass is 424 g/mol. The number of nitrogens with one attached hydrogen (secondary N) is 2. The molecule has 2 aromatic rings. The van der Waals surface area contributed by atoms with E-state index in [-0.39, 0.29) is 17.4 Å². The minimum absolute atomic E-state index is 0.0559. The van der Waals surface area contributed by atoms with E-state index in [2.05, 4.69) is 25.5 Å². The minimum atomic E-state index is -1.32. The number of alkyl halides is 1. The lowest BCUT2D eigenvalue weighted by Crippen LogP contribution is -2.45. The second-order valence-electron chi connectivity index (χ2n) is 7.23. The molecule has 29 heavy (non-hydrogen) atoms. The molecule has 2 saturated heterocycles. The van der Waals surface area contributed by atoms with E-state index in [0.29, 0.717) is 24.6 Å². The second-order valence-corrected chi connectivity index (χ2v) is 7.64. The molecular weight excluding hydrogens is 402 g/mol. The summed E-state index contributed by atoms with van der Waals surface area (Å²) in [5.41, 5.74) is 0.940. The Morgan fingerprint density at radius 1 is 1.14 bits per heavy atom. The van der Waals surface area contributed by atoms with Gasteiger partial charge in [0.15, 0.2) is 0 Å². The Morgan fingerprint density at radius 3 is 2.66 bits per heavy atom. The van der Waals surface area contributed by atoms with Gasteiger partial charge in [-0.15, -0.1) is 0 Å². The van der Waals surface area contributed by atoms with Crippen molar-refractivity contribution in [3.8, 4) is 0 Å². The highest BCUT2D eigenvalue weighted by Crippen LogP contribution is 2.29. The van der Waals surface area contributed by atoms with Crippen LogP contribution in [0.25, 0.3) is 0 Å². The minimum Gasteiger partial charge on any atom is -0.390 e. The van der Waals surface area contributed by atoms with Gasteiger partial charge in [0.2, 0.25) is 0 Å². The molecule has 0 spiro atoms. The first-order chi connectivity index (χ1) is 14.0. The van der Waals surface area contributed by atoms with Gasteiger partial charge in [0.1, 0.15) is 29.4 Å². The Morgan fingerprint density at radius 2 is 1.93 bits per heavy atom. The predicted octanol–water partition coefficient (Wildman–Crippen LogP) is 2.33. The van der Waals surface area contributed by atoms with Crippen LogP contribution in [0.1, 0.15) is 6.42 Å². The summed E-state index contributed by atoms with van der Waals surface area (Å²) in [7, 11) is 0. The molecule has 3 N–H and O–H groups in total. The molecule has 0 radical (unpaired) electrons. The third-order valence-electron chi connectivity index (χ3n) is 5.17. The van der Waals surface area contributed by atoms with Crippen molar-refractivity contribution in [3.63, 3.8) is 0 Å². The van der Waals surface area contributed by atoms with Crippen LogP contribution in [0.4, 0.5) is 31.9 Å². The highest BCUT2D eigenvalue weighted by molar-refractivity contribution is 6.30. The third kappa shape index (κ3) is 4.68. The summed E-state index contributed by atoms with van der Waals surface area (Å²) in [6.45, 7) is 3.99. The summed E-state index contributed by atoms with van der Waals surface area (Å²) >= 11 is 5.71. The maximum atomic E-state index is 14.1. The number of rotatable bonds is 4. The molecule has 7 nitrogen and oxygen atoms in total. The zero-order valence-corrected chi connectivity index (χ0v) is 16.5. The van der Waals surface area contributed by atoms with Crippen LogP contribution in [0.5, 0.6) is 0 Å². The molecule has 4 heterocycles. The predicted molar refractivity (Wildman–Crippen MR) is 110 cm³/mol. The second kappa shape index (κ2) is 8.64. The van der Waals surface area contributed by atoms with E-state index in [1.807, 2.05) is 17.0 Å². The molecular formula is C19H23ClF2N6O. The SMILES string of the molecule is O[C@H]1CCN(c2cc(N3CCNCC3)cc(Nc3cc(F)c(Cl)cn3)n2)C[C@@H]1F. The smallest absolute Gasteiger partial charge is 0.147 e. The fourth-order valence-corrected chi connectivity index (χ4v) is 3.65. The molecule has 2 fully saturated rings. The molecule has 156 valence electrons. The molecule has 2 aliphatic heterocycles. The zero-order valence-electron chi connectivity index (χ0n) is 15.8. The molecule has 0 unspecified atom stereocenters. The molecule has 4 rings (SSSR count). The van der Waals surface area contributed by atoms with Crippen LogP contribution < -0.4 is 20.4 Å². The number of hydrogen-bond donors (Lipinski definition) is 3. The Kier molecular flexibility index (Phi) is 5.98. The van der Waals surface area contributed by atoms with Gasteiger partial charge in [0, 0.05) is 56.6 Å². The Labute approximate surface area is 172 Å². The summed E-state index contributed by atoms with van der Waals surface area (Å²) in [4.78, 5) is 12.7. The van der Waals surface area contributed by atoms with Crippen molar-refractivity contribution in [2.24, 2.45) is 0 Å². The maximum absolute atomic E-state index is 14.1. The van der Waals surface area contributed by atoms with Gasteiger partial charge >= 0.3 is 0 Å². The lowest BCUT2D eigenvalue weighted by molar-refractivity contribution is 0.0614. The van der Waals surface area contributed by atoms with Gasteiger partial charge in [0.25, 0.3) is 0 Å². The van der Waals surface area contributed by atoms with Crippen molar-refractivity contribution < 1.29 is 13.9 Å². The number of aliphatic hydroxyl groups is 1. The molecule has 2 aliphatic rings. The molecule has 0 aromatic carbocycles. The van der Waals surface area contributed by atoms with Crippen molar-refractivity contribution in [1.82, 2.24) is 15.3 Å². The Bertz CT molecular complexity index is 867. The van der Waals surface area contributed by atoms with Crippen LogP contribution in [-0.2, 0) is 0 Å². The maximum Gasteiger partial charge on any atom is 0.147 e. The van der Waals surface area contributed by atoms with Crippen LogP contribution in [0.15, 0.2) is 24.4 Å².